The molecule has 1 fully saturated rings. The second-order valence-corrected chi connectivity index (χ2v) is 9.82. The summed E-state index contributed by atoms with van der Waals surface area (Å²) >= 11 is 0. The predicted octanol–water partition coefficient (Wildman–Crippen LogP) is 4.96. The maximum absolute atomic E-state index is 15.1. The van der Waals surface area contributed by atoms with E-state index in [1.54, 1.807) is 42.1 Å². The first-order chi connectivity index (χ1) is 16.2. The molecule has 0 atom stereocenters. The number of nitrogens with one attached hydrogen (secondary N) is 1. The minimum atomic E-state index is -4.22. The Morgan fingerprint density at radius 3 is 2.53 bits per heavy atom. The van der Waals surface area contributed by atoms with Gasteiger partial charge in [-0.15, -0.1) is 0 Å². The fourth-order valence-corrected chi connectivity index (χ4v) is 5.34. The molecule has 0 amide bonds. The number of hydrogen-bond donors (Lipinski definition) is 2. The molecule has 8 nitrogen and oxygen atoms in total. The lowest BCUT2D eigenvalue weighted by atomic mass is 10.0. The first-order valence-corrected chi connectivity index (χ1v) is 12.0. The molecule has 0 unspecified atom stereocenters. The molecular formula is C24H20FN3O5S. The van der Waals surface area contributed by atoms with Gasteiger partial charge in [0.15, 0.2) is 0 Å². The van der Waals surface area contributed by atoms with E-state index in [2.05, 4.69) is 9.88 Å². The molecule has 174 valence electrons. The second kappa shape index (κ2) is 8.14. The Labute approximate surface area is 194 Å². The first kappa shape index (κ1) is 21.9. The monoisotopic (exact) mass is 481 g/mol. The number of carbonyl (C=O) groups is 1. The van der Waals surface area contributed by atoms with Gasteiger partial charge < -0.3 is 14.2 Å². The van der Waals surface area contributed by atoms with Crippen LogP contribution in [-0.4, -0.2) is 29.2 Å². The lowest BCUT2D eigenvalue weighted by Crippen LogP contribution is -2.17. The molecule has 4 aromatic rings. The van der Waals surface area contributed by atoms with Gasteiger partial charge in [-0.05, 0) is 61.6 Å². The van der Waals surface area contributed by atoms with Crippen molar-refractivity contribution >= 4 is 21.7 Å². The average molecular weight is 482 g/mol. The Balaban J connectivity index is 1.66. The van der Waals surface area contributed by atoms with Gasteiger partial charge in [-0.25, -0.2) is 17.6 Å². The third kappa shape index (κ3) is 3.96. The summed E-state index contributed by atoms with van der Waals surface area (Å²) in [6.07, 6.45) is 6.35. The van der Waals surface area contributed by atoms with Crippen molar-refractivity contribution in [2.75, 3.05) is 4.72 Å². The van der Waals surface area contributed by atoms with Crippen molar-refractivity contribution in [2.45, 2.75) is 30.6 Å². The molecule has 0 spiro atoms. The van der Waals surface area contributed by atoms with Crippen LogP contribution in [-0.2, 0) is 10.0 Å². The number of sulfonamides is 1. The third-order valence-corrected chi connectivity index (χ3v) is 7.24. The topological polar surface area (TPSA) is 114 Å². The van der Waals surface area contributed by atoms with E-state index in [1.807, 2.05) is 0 Å². The van der Waals surface area contributed by atoms with Crippen molar-refractivity contribution in [3.63, 3.8) is 0 Å². The summed E-state index contributed by atoms with van der Waals surface area (Å²) in [6, 6.07) is 10.2. The van der Waals surface area contributed by atoms with Crippen molar-refractivity contribution in [1.82, 2.24) is 9.72 Å². The largest absolute Gasteiger partial charge is 0.478 e. The molecule has 1 aliphatic carbocycles. The summed E-state index contributed by atoms with van der Waals surface area (Å²) in [6.45, 7) is 1.63. The van der Waals surface area contributed by atoms with Crippen LogP contribution in [0.3, 0.4) is 0 Å². The Morgan fingerprint density at radius 2 is 1.91 bits per heavy atom. The summed E-state index contributed by atoms with van der Waals surface area (Å²) in [5.74, 6) is -1.36. The number of hydrogen-bond acceptors (Lipinski definition) is 5. The van der Waals surface area contributed by atoms with Gasteiger partial charge in [0, 0.05) is 29.6 Å². The summed E-state index contributed by atoms with van der Waals surface area (Å²) in [4.78, 5) is 11.4. The van der Waals surface area contributed by atoms with Gasteiger partial charge in [0.25, 0.3) is 10.0 Å². The highest BCUT2D eigenvalue weighted by molar-refractivity contribution is 7.92. The highest BCUT2D eigenvalue weighted by Crippen LogP contribution is 2.43. The normalized spacial score (nSPS) is 13.7. The quantitative estimate of drug-likeness (QED) is 0.386. The molecule has 1 aliphatic rings. The zero-order chi connectivity index (χ0) is 24.0. The summed E-state index contributed by atoms with van der Waals surface area (Å²) < 4.78 is 51.5. The Kier molecular flexibility index (Phi) is 5.24. The van der Waals surface area contributed by atoms with Crippen LogP contribution in [0, 0.1) is 12.7 Å². The maximum Gasteiger partial charge on any atom is 0.335 e. The van der Waals surface area contributed by atoms with Crippen LogP contribution in [0.5, 0.6) is 0 Å². The van der Waals surface area contributed by atoms with Crippen molar-refractivity contribution in [2.24, 2.45) is 0 Å². The predicted molar refractivity (Wildman–Crippen MR) is 122 cm³/mol. The van der Waals surface area contributed by atoms with Crippen molar-refractivity contribution in [3.05, 3.63) is 83.8 Å². The van der Waals surface area contributed by atoms with E-state index in [-0.39, 0.29) is 33.3 Å². The van der Waals surface area contributed by atoms with Crippen molar-refractivity contribution < 1.29 is 27.2 Å². The number of halogens is 1. The molecule has 2 aromatic carbocycles. The zero-order valence-electron chi connectivity index (χ0n) is 18.0. The Bertz CT molecular complexity index is 1510. The van der Waals surface area contributed by atoms with E-state index in [9.17, 15) is 18.3 Å². The van der Waals surface area contributed by atoms with Gasteiger partial charge in [0.2, 0.25) is 0 Å². The first-order valence-electron chi connectivity index (χ1n) is 10.5. The third-order valence-electron chi connectivity index (χ3n) is 5.82. The standard InChI is InChI=1S/C24H20FN3O5S/c1-14-19(13-26-33-14)18-11-21(22(12-20(18)25)28-8-2-3-9-28)27-34(31,32)23-10-16(24(29)30)6-7-17(23)15-4-5-15/h2-3,6-13,15,27H,4-5H2,1H3,(H,29,30). The fourth-order valence-electron chi connectivity index (χ4n) is 3.95. The molecule has 34 heavy (non-hydrogen) atoms. The molecular weight excluding hydrogens is 461 g/mol. The van der Waals surface area contributed by atoms with Crippen molar-refractivity contribution in [1.29, 1.82) is 0 Å². The average Bonchev–Trinajstić information content (AvgIpc) is 3.32. The van der Waals surface area contributed by atoms with Gasteiger partial charge in [-0.2, -0.15) is 0 Å². The smallest absolute Gasteiger partial charge is 0.335 e. The van der Waals surface area contributed by atoms with Crippen LogP contribution in [0.2, 0.25) is 0 Å². The summed E-state index contributed by atoms with van der Waals surface area (Å²) in [5, 5.41) is 13.1. The Hall–Kier alpha value is -3.92. The van der Waals surface area contributed by atoms with E-state index in [0.29, 0.717) is 16.9 Å². The highest BCUT2D eigenvalue weighted by Gasteiger charge is 2.32. The second-order valence-electron chi connectivity index (χ2n) is 8.17. The minimum Gasteiger partial charge on any atom is -0.478 e. The van der Waals surface area contributed by atoms with Gasteiger partial charge in [0.05, 0.1) is 28.0 Å². The molecule has 0 saturated heterocycles. The maximum atomic E-state index is 15.1. The number of aryl methyl sites for hydroxylation is 1. The molecule has 5 rings (SSSR count). The highest BCUT2D eigenvalue weighted by atomic mass is 32.2. The van der Waals surface area contributed by atoms with Crippen LogP contribution in [0.1, 0.15) is 40.4 Å². The van der Waals surface area contributed by atoms with Gasteiger partial charge >= 0.3 is 5.97 Å². The summed E-state index contributed by atoms with van der Waals surface area (Å²) in [5.41, 5.74) is 1.34. The van der Waals surface area contributed by atoms with Gasteiger partial charge in [-0.1, -0.05) is 11.2 Å². The van der Waals surface area contributed by atoms with E-state index in [4.69, 9.17) is 4.52 Å². The summed E-state index contributed by atoms with van der Waals surface area (Å²) in [7, 11) is -4.22. The number of aromatic carboxylic acids is 1. The number of carboxylic acids is 1. The molecule has 0 radical (unpaired) electrons. The van der Waals surface area contributed by atoms with Crippen LogP contribution in [0.25, 0.3) is 16.8 Å². The SMILES string of the molecule is Cc1oncc1-c1cc(NS(=O)(=O)c2cc(C(=O)O)ccc2C2CC2)c(-n2cccc2)cc1F. The molecule has 0 bridgehead atoms. The molecule has 0 aliphatic heterocycles. The molecule has 2 N–H and O–H groups in total. The van der Waals surface area contributed by atoms with E-state index in [1.165, 1.54) is 30.5 Å². The number of nitrogens with zero attached hydrogens (tertiary/aromatic N) is 2. The van der Waals surface area contributed by atoms with E-state index < -0.39 is 21.8 Å². The fraction of sp³-hybridized carbons (Fsp3) is 0.167. The van der Waals surface area contributed by atoms with E-state index in [0.717, 1.165) is 12.8 Å². The van der Waals surface area contributed by atoms with Gasteiger partial charge in [-0.3, -0.25) is 4.72 Å². The zero-order valence-corrected chi connectivity index (χ0v) is 18.8. The molecule has 10 heteroatoms. The van der Waals surface area contributed by atoms with Crippen molar-refractivity contribution in [3.8, 4) is 16.8 Å². The Morgan fingerprint density at radius 1 is 1.18 bits per heavy atom. The minimum absolute atomic E-state index is 0.0572. The van der Waals surface area contributed by atoms with Crippen LogP contribution in [0.15, 0.2) is 70.5 Å². The molecule has 2 heterocycles. The molecule has 1 saturated carbocycles. The number of anilines is 1. The van der Waals surface area contributed by atoms with Crippen LogP contribution in [0.4, 0.5) is 10.1 Å². The lowest BCUT2D eigenvalue weighted by molar-refractivity contribution is 0.0696. The van der Waals surface area contributed by atoms with Gasteiger partial charge in [0.1, 0.15) is 11.6 Å². The number of benzene rings is 2. The number of carboxylic acid groups (broad SMARTS) is 1. The lowest BCUT2D eigenvalue weighted by Gasteiger charge is -2.17. The number of aromatic nitrogens is 2. The number of rotatable bonds is 7. The van der Waals surface area contributed by atoms with E-state index >= 15 is 4.39 Å². The van der Waals surface area contributed by atoms with Crippen LogP contribution >= 0.6 is 0 Å². The molecule has 2 aromatic heterocycles. The van der Waals surface area contributed by atoms with Crippen LogP contribution < -0.4 is 4.72 Å².